The molecule has 1 aromatic rings. The van der Waals surface area contributed by atoms with Crippen LogP contribution in [0.4, 0.5) is 10.7 Å². The first kappa shape index (κ1) is 20.0. The van der Waals surface area contributed by atoms with Crippen LogP contribution in [0.15, 0.2) is 12.3 Å². The zero-order valence-corrected chi connectivity index (χ0v) is 17.5. The highest BCUT2D eigenvalue weighted by molar-refractivity contribution is 5.74. The van der Waals surface area contributed by atoms with Crippen LogP contribution < -0.4 is 16.0 Å². The van der Waals surface area contributed by atoms with E-state index in [4.69, 9.17) is 14.5 Å². The number of fused-ring (bicyclic) bond motifs is 1. The molecule has 0 spiro atoms. The van der Waals surface area contributed by atoms with Crippen LogP contribution in [0.25, 0.3) is 0 Å². The van der Waals surface area contributed by atoms with Gasteiger partial charge in [-0.2, -0.15) is 0 Å². The number of hydrogen-bond acceptors (Lipinski definition) is 6. The number of nitrogens with one attached hydrogen (secondary N) is 3. The molecule has 2 amide bonds. The van der Waals surface area contributed by atoms with Crippen LogP contribution in [0.1, 0.15) is 69.4 Å². The molecule has 8 heteroatoms. The largest absolute Gasteiger partial charge is 0.371 e. The van der Waals surface area contributed by atoms with Gasteiger partial charge in [-0.05, 0) is 31.7 Å². The number of carbonyl (C=O) groups excluding carboxylic acids is 1. The fourth-order valence-electron chi connectivity index (χ4n) is 5.45. The van der Waals surface area contributed by atoms with Crippen LogP contribution in [0, 0.1) is 0 Å². The molecule has 3 N–H and O–H groups in total. The summed E-state index contributed by atoms with van der Waals surface area (Å²) in [6, 6.07) is 2.08. The van der Waals surface area contributed by atoms with Crippen LogP contribution in [0.5, 0.6) is 0 Å². The predicted octanol–water partition coefficient (Wildman–Crippen LogP) is 2.71. The highest BCUT2D eigenvalue weighted by Crippen LogP contribution is 2.33. The second-order valence-electron chi connectivity index (χ2n) is 9.19. The van der Waals surface area contributed by atoms with E-state index >= 15 is 0 Å². The summed E-state index contributed by atoms with van der Waals surface area (Å²) in [5.41, 5.74) is 1.13. The van der Waals surface area contributed by atoms with Crippen LogP contribution in [-0.2, 0) is 9.47 Å². The summed E-state index contributed by atoms with van der Waals surface area (Å²) in [7, 11) is 0. The molecular weight excluding hydrogens is 382 g/mol. The van der Waals surface area contributed by atoms with Crippen LogP contribution in [0.2, 0.25) is 0 Å². The monoisotopic (exact) mass is 415 g/mol. The van der Waals surface area contributed by atoms with E-state index in [2.05, 4.69) is 20.9 Å². The molecule has 3 heterocycles. The molecule has 4 aliphatic rings. The molecule has 2 saturated heterocycles. The normalized spacial score (nSPS) is 32.1. The van der Waals surface area contributed by atoms with E-state index in [1.807, 2.05) is 12.3 Å². The van der Waals surface area contributed by atoms with Crippen molar-refractivity contribution in [2.45, 2.75) is 94.0 Å². The Kier molecular flexibility index (Phi) is 6.04. The van der Waals surface area contributed by atoms with Crippen molar-refractivity contribution in [2.24, 2.45) is 0 Å². The maximum atomic E-state index is 12.4. The van der Waals surface area contributed by atoms with E-state index in [-0.39, 0.29) is 30.3 Å². The van der Waals surface area contributed by atoms with E-state index in [9.17, 15) is 4.79 Å². The van der Waals surface area contributed by atoms with Gasteiger partial charge in [-0.3, -0.25) is 0 Å². The smallest absolute Gasteiger partial charge is 0.315 e. The minimum absolute atomic E-state index is 0.0120. The van der Waals surface area contributed by atoms with Crippen molar-refractivity contribution in [3.8, 4) is 0 Å². The minimum Gasteiger partial charge on any atom is -0.371 e. The van der Waals surface area contributed by atoms with Crippen molar-refractivity contribution in [2.75, 3.05) is 18.5 Å². The molecule has 0 bridgehead atoms. The Morgan fingerprint density at radius 1 is 0.900 bits per heavy atom. The molecular formula is C22H33N5O3. The van der Waals surface area contributed by atoms with Gasteiger partial charge in [-0.1, -0.05) is 32.1 Å². The third kappa shape index (κ3) is 4.39. The summed E-state index contributed by atoms with van der Waals surface area (Å²) in [6.45, 7) is 0.989. The lowest BCUT2D eigenvalue weighted by Gasteiger charge is -2.24. The van der Waals surface area contributed by atoms with Gasteiger partial charge in [0.1, 0.15) is 12.2 Å². The molecule has 164 valence electrons. The highest BCUT2D eigenvalue weighted by Gasteiger charge is 2.48. The molecule has 2 aliphatic heterocycles. The van der Waals surface area contributed by atoms with E-state index in [0.29, 0.717) is 31.1 Å². The number of rotatable bonds is 5. The Bertz CT molecular complexity index is 735. The SMILES string of the molecule is O=C(NC1CCCCC1)NC1COC2C(Nc3nccc(C4CCCC4)n3)COC12. The van der Waals surface area contributed by atoms with Gasteiger partial charge in [-0.15, -0.1) is 0 Å². The minimum atomic E-state index is -0.141. The summed E-state index contributed by atoms with van der Waals surface area (Å²) < 4.78 is 12.0. The summed E-state index contributed by atoms with van der Waals surface area (Å²) in [6.07, 6.45) is 12.4. The maximum Gasteiger partial charge on any atom is 0.315 e. The third-order valence-electron chi connectivity index (χ3n) is 7.08. The van der Waals surface area contributed by atoms with Crippen molar-refractivity contribution in [1.29, 1.82) is 0 Å². The lowest BCUT2D eigenvalue weighted by atomic mass is 9.96. The van der Waals surface area contributed by atoms with Crippen LogP contribution in [-0.4, -0.2) is 59.5 Å². The predicted molar refractivity (Wildman–Crippen MR) is 112 cm³/mol. The molecule has 8 nitrogen and oxygen atoms in total. The number of aromatic nitrogens is 2. The standard InChI is InChI=1S/C22H33N5O3/c28-22(24-15-8-2-1-3-9-15)27-18-13-30-19-17(12-29-20(18)19)26-21-23-11-10-16(25-21)14-6-4-5-7-14/h10-11,14-15,17-20H,1-9,12-13H2,(H,23,25,26)(H2,24,27,28). The number of amides is 2. The van der Waals surface area contributed by atoms with Crippen molar-refractivity contribution in [3.63, 3.8) is 0 Å². The third-order valence-corrected chi connectivity index (χ3v) is 7.08. The zero-order chi connectivity index (χ0) is 20.3. The molecule has 5 rings (SSSR count). The van der Waals surface area contributed by atoms with E-state index in [1.165, 1.54) is 44.9 Å². The Labute approximate surface area is 177 Å². The Morgan fingerprint density at radius 3 is 2.40 bits per heavy atom. The highest BCUT2D eigenvalue weighted by atomic mass is 16.6. The number of carbonyl (C=O) groups is 1. The summed E-state index contributed by atoms with van der Waals surface area (Å²) in [5.74, 6) is 1.20. The van der Waals surface area contributed by atoms with E-state index in [1.54, 1.807) is 0 Å². The summed E-state index contributed by atoms with van der Waals surface area (Å²) >= 11 is 0. The van der Waals surface area contributed by atoms with Crippen molar-refractivity contribution < 1.29 is 14.3 Å². The molecule has 4 fully saturated rings. The quantitative estimate of drug-likeness (QED) is 0.684. The Balaban J connectivity index is 1.15. The summed E-state index contributed by atoms with van der Waals surface area (Å²) in [4.78, 5) is 21.6. The van der Waals surface area contributed by atoms with Gasteiger partial charge in [0.15, 0.2) is 0 Å². The van der Waals surface area contributed by atoms with Crippen LogP contribution >= 0.6 is 0 Å². The lowest BCUT2D eigenvalue weighted by Crippen LogP contribution is -2.51. The first-order chi connectivity index (χ1) is 14.8. The lowest BCUT2D eigenvalue weighted by molar-refractivity contribution is 0.0681. The van der Waals surface area contributed by atoms with Gasteiger partial charge in [-0.25, -0.2) is 14.8 Å². The maximum absolute atomic E-state index is 12.4. The first-order valence-corrected chi connectivity index (χ1v) is 11.7. The molecule has 4 atom stereocenters. The molecule has 2 aliphatic carbocycles. The van der Waals surface area contributed by atoms with Gasteiger partial charge >= 0.3 is 6.03 Å². The van der Waals surface area contributed by atoms with Gasteiger partial charge in [0.25, 0.3) is 0 Å². The zero-order valence-electron chi connectivity index (χ0n) is 17.5. The number of nitrogens with zero attached hydrogens (tertiary/aromatic N) is 2. The second-order valence-corrected chi connectivity index (χ2v) is 9.19. The number of anilines is 1. The molecule has 0 radical (unpaired) electrons. The molecule has 30 heavy (non-hydrogen) atoms. The van der Waals surface area contributed by atoms with Gasteiger partial charge in [0, 0.05) is 23.9 Å². The van der Waals surface area contributed by atoms with Crippen molar-refractivity contribution in [3.05, 3.63) is 18.0 Å². The summed E-state index contributed by atoms with van der Waals surface area (Å²) in [5, 5.41) is 9.60. The Hall–Kier alpha value is -1.93. The van der Waals surface area contributed by atoms with Gasteiger partial charge in [0.05, 0.1) is 25.3 Å². The number of urea groups is 1. The topological polar surface area (TPSA) is 97.4 Å². The fraction of sp³-hybridized carbons (Fsp3) is 0.773. The van der Waals surface area contributed by atoms with Crippen molar-refractivity contribution in [1.82, 2.24) is 20.6 Å². The van der Waals surface area contributed by atoms with E-state index in [0.717, 1.165) is 18.5 Å². The Morgan fingerprint density at radius 2 is 1.60 bits per heavy atom. The molecule has 1 aromatic heterocycles. The van der Waals surface area contributed by atoms with E-state index < -0.39 is 0 Å². The molecule has 2 saturated carbocycles. The van der Waals surface area contributed by atoms with Crippen LogP contribution in [0.3, 0.4) is 0 Å². The fourth-order valence-corrected chi connectivity index (χ4v) is 5.45. The van der Waals surface area contributed by atoms with Gasteiger partial charge < -0.3 is 25.4 Å². The van der Waals surface area contributed by atoms with Crippen molar-refractivity contribution >= 4 is 12.0 Å². The van der Waals surface area contributed by atoms with Gasteiger partial charge in [0.2, 0.25) is 5.95 Å². The molecule has 4 unspecified atom stereocenters. The average Bonchev–Trinajstić information content (AvgIpc) is 3.50. The second kappa shape index (κ2) is 9.06. The average molecular weight is 416 g/mol. The number of hydrogen-bond donors (Lipinski definition) is 3. The molecule has 0 aromatic carbocycles. The first-order valence-electron chi connectivity index (χ1n) is 11.7. The number of ether oxygens (including phenoxy) is 2.